The molecule has 0 bridgehead atoms. The number of halogens is 4. The fourth-order valence-electron chi connectivity index (χ4n) is 2.74. The number of aromatic nitrogens is 2. The van der Waals surface area contributed by atoms with Crippen LogP contribution >= 0.6 is 23.2 Å². The molecule has 1 aliphatic rings. The van der Waals surface area contributed by atoms with Gasteiger partial charge in [0.2, 0.25) is 0 Å². The molecule has 0 atom stereocenters. The van der Waals surface area contributed by atoms with Crippen molar-refractivity contribution in [3.05, 3.63) is 87.4 Å². The van der Waals surface area contributed by atoms with Gasteiger partial charge in [0.1, 0.15) is 17.5 Å². The summed E-state index contributed by atoms with van der Waals surface area (Å²) in [5.74, 6) is -0.724. The maximum Gasteiger partial charge on any atom is 0.141 e. The van der Waals surface area contributed by atoms with Crippen LogP contribution in [-0.4, -0.2) is 28.3 Å². The molecule has 154 valence electrons. The van der Waals surface area contributed by atoms with Crippen molar-refractivity contribution in [2.75, 3.05) is 13.1 Å². The van der Waals surface area contributed by atoms with Crippen LogP contribution in [-0.2, 0) is 14.8 Å². The first-order valence-corrected chi connectivity index (χ1v) is 10.6. The Hall–Kier alpha value is -2.00. The van der Waals surface area contributed by atoms with Gasteiger partial charge in [0, 0.05) is 12.4 Å². The lowest BCUT2D eigenvalue weighted by atomic mass is 9.90. The fraction of sp³-hybridized carbons (Fsp3) is 0.211. The summed E-state index contributed by atoms with van der Waals surface area (Å²) in [4.78, 5) is 7.26. The highest BCUT2D eigenvalue weighted by molar-refractivity contribution is 7.74. The van der Waals surface area contributed by atoms with E-state index in [4.69, 9.17) is 28.0 Å². The van der Waals surface area contributed by atoms with Gasteiger partial charge in [0.25, 0.3) is 0 Å². The van der Waals surface area contributed by atoms with Crippen molar-refractivity contribution in [1.29, 1.82) is 4.78 Å². The Labute approximate surface area is 178 Å². The van der Waals surface area contributed by atoms with E-state index in [9.17, 15) is 13.0 Å². The third kappa shape index (κ3) is 5.33. The van der Waals surface area contributed by atoms with Crippen molar-refractivity contribution < 1.29 is 13.0 Å². The van der Waals surface area contributed by atoms with E-state index in [0.29, 0.717) is 5.82 Å². The summed E-state index contributed by atoms with van der Waals surface area (Å²) in [5.41, 5.74) is 1.45. The van der Waals surface area contributed by atoms with Gasteiger partial charge in [-0.2, -0.15) is 10.6 Å². The maximum absolute atomic E-state index is 13.4. The normalized spacial score (nSPS) is 13.9. The first kappa shape index (κ1) is 21.7. The molecule has 0 spiro atoms. The molecule has 1 aromatic heterocycles. The molecule has 0 radical (unpaired) electrons. The quantitative estimate of drug-likeness (QED) is 0.489. The largest absolute Gasteiger partial charge is 0.444 e. The number of nitrogens with one attached hydrogen (secondary N) is 3. The molecule has 10 heteroatoms. The molecule has 0 unspecified atom stereocenters. The molecule has 1 saturated heterocycles. The molecule has 2 heterocycles. The third-order valence-corrected chi connectivity index (χ3v) is 5.91. The Balaban J connectivity index is 0.000000290. The second-order valence-corrected chi connectivity index (χ2v) is 8.41. The van der Waals surface area contributed by atoms with Crippen molar-refractivity contribution >= 4 is 33.8 Å². The zero-order valence-corrected chi connectivity index (χ0v) is 17.3. The summed E-state index contributed by atoms with van der Waals surface area (Å²) in [6, 6.07) is 8.87. The second-order valence-electron chi connectivity index (χ2n) is 6.33. The third-order valence-electron chi connectivity index (χ3n) is 4.39. The first-order valence-electron chi connectivity index (χ1n) is 8.58. The number of aromatic amines is 1. The minimum Gasteiger partial charge on any atom is -0.444 e. The van der Waals surface area contributed by atoms with Crippen LogP contribution in [0.2, 0.25) is 10.0 Å². The fourth-order valence-corrected chi connectivity index (χ4v) is 3.66. The molecule has 5 nitrogen and oxygen atoms in total. The van der Waals surface area contributed by atoms with Crippen LogP contribution in [0.25, 0.3) is 0 Å². The Kier molecular flexibility index (Phi) is 7.23. The smallest absolute Gasteiger partial charge is 0.141 e. The molecule has 0 aliphatic carbocycles. The van der Waals surface area contributed by atoms with Gasteiger partial charge in [-0.3, -0.25) is 0 Å². The number of H-pyrrole nitrogens is 1. The van der Waals surface area contributed by atoms with Crippen LogP contribution in [0, 0.1) is 16.4 Å². The number of hydrogen-bond acceptors (Lipinski definition) is 5. The van der Waals surface area contributed by atoms with Gasteiger partial charge >= 0.3 is 0 Å². The van der Waals surface area contributed by atoms with E-state index in [1.54, 1.807) is 24.5 Å². The molecule has 1 aliphatic heterocycles. The van der Waals surface area contributed by atoms with Gasteiger partial charge in [-0.05, 0) is 48.5 Å². The molecule has 3 aromatic rings. The van der Waals surface area contributed by atoms with Crippen molar-refractivity contribution in [2.24, 2.45) is 0 Å². The molecule has 29 heavy (non-hydrogen) atoms. The van der Waals surface area contributed by atoms with Crippen LogP contribution in [0.3, 0.4) is 0 Å². The van der Waals surface area contributed by atoms with Crippen molar-refractivity contribution in [3.8, 4) is 0 Å². The maximum atomic E-state index is 13.4. The number of benzene rings is 2. The van der Waals surface area contributed by atoms with Gasteiger partial charge in [-0.1, -0.05) is 40.6 Å². The molecule has 4 rings (SSSR count). The molecule has 0 amide bonds. The van der Waals surface area contributed by atoms with Crippen molar-refractivity contribution in [3.63, 3.8) is 0 Å². The van der Waals surface area contributed by atoms with Crippen molar-refractivity contribution in [1.82, 2.24) is 15.3 Å². The van der Waals surface area contributed by atoms with Gasteiger partial charge in [0.05, 0.1) is 16.0 Å². The molecule has 1 fully saturated rings. The van der Waals surface area contributed by atoms with Crippen LogP contribution < -0.4 is 5.32 Å². The summed E-state index contributed by atoms with van der Waals surface area (Å²) in [7, 11) is -1.34. The van der Waals surface area contributed by atoms with E-state index in [1.165, 1.54) is 24.3 Å². The summed E-state index contributed by atoms with van der Waals surface area (Å²) in [6.07, 6.45) is 3.29. The number of imidazole rings is 1. The molecular formula is C19H17Cl2F2N4OS-. The number of hydrogen-bond donors (Lipinski definition) is 3. The zero-order chi connectivity index (χ0) is 21.0. The monoisotopic (exact) mass is 457 g/mol. The topological polar surface area (TPSA) is 81.6 Å². The number of nitrogens with zero attached hydrogens (tertiary/aromatic N) is 1. The van der Waals surface area contributed by atoms with Crippen molar-refractivity contribution in [2.45, 2.75) is 11.2 Å². The molecule has 3 N–H and O–H groups in total. The minimum absolute atomic E-state index is 0.0160. The van der Waals surface area contributed by atoms with Crippen LogP contribution in [0.5, 0.6) is 0 Å². The SMILES string of the molecule is Fc1ccc(C(c2ccc(F)c(Cl)c2)c2ncc[nH]2)cc1Cl.N=[S-](=O)C1CNC1. The average Bonchev–Trinajstić information content (AvgIpc) is 3.14. The Morgan fingerprint density at radius 2 is 1.62 bits per heavy atom. The minimum atomic E-state index is -1.34. The predicted octanol–water partition coefficient (Wildman–Crippen LogP) is 4.86. The van der Waals surface area contributed by atoms with E-state index >= 15 is 0 Å². The lowest BCUT2D eigenvalue weighted by molar-refractivity contribution is 0.515. The lowest BCUT2D eigenvalue weighted by Crippen LogP contribution is -2.47. The lowest BCUT2D eigenvalue weighted by Gasteiger charge is -2.29. The van der Waals surface area contributed by atoms with Gasteiger partial charge < -0.3 is 19.3 Å². The van der Waals surface area contributed by atoms with Crippen LogP contribution in [0.1, 0.15) is 22.9 Å². The Bertz CT molecular complexity index is 997. The van der Waals surface area contributed by atoms with Crippen LogP contribution in [0.15, 0.2) is 48.8 Å². The van der Waals surface area contributed by atoms with E-state index in [1.807, 2.05) is 0 Å². The Morgan fingerprint density at radius 3 is 1.93 bits per heavy atom. The van der Waals surface area contributed by atoms with Gasteiger partial charge in [-0.15, -0.1) is 0 Å². The first-order chi connectivity index (χ1) is 13.9. The van der Waals surface area contributed by atoms with Crippen LogP contribution in [0.4, 0.5) is 8.78 Å². The highest BCUT2D eigenvalue weighted by Crippen LogP contribution is 2.33. The highest BCUT2D eigenvalue weighted by Gasteiger charge is 2.21. The van der Waals surface area contributed by atoms with E-state index < -0.39 is 22.2 Å². The van der Waals surface area contributed by atoms with Gasteiger partial charge in [0.15, 0.2) is 0 Å². The van der Waals surface area contributed by atoms with E-state index in [0.717, 1.165) is 24.2 Å². The highest BCUT2D eigenvalue weighted by atomic mass is 35.5. The Morgan fingerprint density at radius 1 is 1.07 bits per heavy atom. The summed E-state index contributed by atoms with van der Waals surface area (Å²) < 4.78 is 43.6. The predicted molar refractivity (Wildman–Crippen MR) is 110 cm³/mol. The zero-order valence-electron chi connectivity index (χ0n) is 15.0. The van der Waals surface area contributed by atoms with E-state index in [-0.39, 0.29) is 21.2 Å². The summed E-state index contributed by atoms with van der Waals surface area (Å²) in [6.45, 7) is 1.52. The number of rotatable bonds is 4. The molecular weight excluding hydrogens is 441 g/mol. The second kappa shape index (κ2) is 9.67. The molecule has 0 saturated carbocycles. The van der Waals surface area contributed by atoms with Gasteiger partial charge in [-0.25, -0.2) is 13.8 Å². The van der Waals surface area contributed by atoms with E-state index in [2.05, 4.69) is 15.3 Å². The standard InChI is InChI=1S/C16H10Cl2F2N2.C3H7N2OS/c17-11-7-9(1-3-13(11)19)15(16-21-5-6-22-16)10-2-4-14(20)12(18)8-10;4-7(6)3-1-5-2-3/h1-8,15H,(H,21,22);3-5H,1-2H2/q;-1. The summed E-state index contributed by atoms with van der Waals surface area (Å²) in [5, 5.41) is 3.07. The summed E-state index contributed by atoms with van der Waals surface area (Å²) >= 11 is 11.7. The molecule has 2 aromatic carbocycles. The average molecular weight is 458 g/mol.